The topological polar surface area (TPSA) is 0 Å². The Hall–Kier alpha value is -0.800. The Morgan fingerprint density at radius 3 is 2.18 bits per heavy atom. The van der Waals surface area contributed by atoms with Gasteiger partial charge in [0.1, 0.15) is 0 Å². The van der Waals surface area contributed by atoms with Crippen molar-refractivity contribution in [1.29, 1.82) is 0 Å². The lowest BCUT2D eigenvalue weighted by Crippen LogP contribution is -2.40. The van der Waals surface area contributed by atoms with Crippen LogP contribution in [-0.4, -0.2) is 11.8 Å². The van der Waals surface area contributed by atoms with E-state index in [-0.39, 0.29) is 0 Å². The normalized spacial score (nSPS) is 40.4. The van der Waals surface area contributed by atoms with Crippen LogP contribution in [0.15, 0.2) is 23.8 Å². The molecular formula is C7H4F4. The highest BCUT2D eigenvalue weighted by molar-refractivity contribution is 5.52. The van der Waals surface area contributed by atoms with Gasteiger partial charge in [-0.05, 0) is 11.6 Å². The Morgan fingerprint density at radius 2 is 2.00 bits per heavy atom. The number of alkyl halides is 4. The summed E-state index contributed by atoms with van der Waals surface area (Å²) >= 11 is 0. The first-order valence-electron chi connectivity index (χ1n) is 3.12. The zero-order chi connectivity index (χ0) is 8.28. The first-order valence-corrected chi connectivity index (χ1v) is 3.12. The van der Waals surface area contributed by atoms with Crippen molar-refractivity contribution in [2.45, 2.75) is 11.8 Å². The molecule has 0 aromatic heterocycles. The van der Waals surface area contributed by atoms with Gasteiger partial charge in [0.2, 0.25) is 5.67 Å². The molecule has 0 unspecified atom stereocenters. The molecular weight excluding hydrogens is 160 g/mol. The molecule has 0 saturated heterocycles. The summed E-state index contributed by atoms with van der Waals surface area (Å²) in [6.07, 6.45) is -1.71. The summed E-state index contributed by atoms with van der Waals surface area (Å²) in [5, 5.41) is 0. The fourth-order valence-corrected chi connectivity index (χ4v) is 1.26. The minimum atomic E-state index is -4.77. The maximum absolute atomic E-state index is 13.0. The number of hydrogen-bond acceptors (Lipinski definition) is 0. The lowest BCUT2D eigenvalue weighted by atomic mass is 10.0. The van der Waals surface area contributed by atoms with Crippen molar-refractivity contribution in [3.05, 3.63) is 23.8 Å². The number of halogens is 4. The molecule has 2 aliphatic rings. The van der Waals surface area contributed by atoms with Crippen molar-refractivity contribution < 1.29 is 17.6 Å². The van der Waals surface area contributed by atoms with E-state index in [2.05, 4.69) is 0 Å². The van der Waals surface area contributed by atoms with Crippen LogP contribution in [0.3, 0.4) is 0 Å². The van der Waals surface area contributed by atoms with Crippen LogP contribution in [0.1, 0.15) is 0 Å². The molecule has 60 valence electrons. The van der Waals surface area contributed by atoms with Crippen molar-refractivity contribution in [3.63, 3.8) is 0 Å². The molecule has 2 rings (SSSR count). The summed E-state index contributed by atoms with van der Waals surface area (Å²) < 4.78 is 48.9. The van der Waals surface area contributed by atoms with E-state index in [9.17, 15) is 17.6 Å². The second kappa shape index (κ2) is 1.52. The fourth-order valence-electron chi connectivity index (χ4n) is 1.26. The highest BCUT2D eigenvalue weighted by Crippen LogP contribution is 2.55. The van der Waals surface area contributed by atoms with Gasteiger partial charge in [-0.15, -0.1) is 0 Å². The smallest absolute Gasteiger partial charge is 0.228 e. The second-order valence-electron chi connectivity index (χ2n) is 2.74. The molecule has 0 radical (unpaired) electrons. The zero-order valence-electron chi connectivity index (χ0n) is 5.32. The Balaban J connectivity index is 2.32. The van der Waals surface area contributed by atoms with Gasteiger partial charge >= 0.3 is 6.18 Å². The van der Waals surface area contributed by atoms with Gasteiger partial charge in [-0.1, -0.05) is 12.2 Å². The van der Waals surface area contributed by atoms with E-state index in [1.54, 1.807) is 0 Å². The van der Waals surface area contributed by atoms with Crippen LogP contribution in [0.2, 0.25) is 0 Å². The molecule has 0 bridgehead atoms. The van der Waals surface area contributed by atoms with Crippen LogP contribution in [0.4, 0.5) is 17.6 Å². The minimum Gasteiger partial charge on any atom is -0.228 e. The number of rotatable bonds is 0. The number of allylic oxidation sites excluding steroid dienone is 4. The monoisotopic (exact) mass is 164 g/mol. The average Bonchev–Trinajstić information content (AvgIpc) is 2.54. The van der Waals surface area contributed by atoms with Crippen molar-refractivity contribution in [2.24, 2.45) is 5.92 Å². The first-order chi connectivity index (χ1) is 4.95. The van der Waals surface area contributed by atoms with E-state index < -0.39 is 17.8 Å². The summed E-state index contributed by atoms with van der Waals surface area (Å²) in [4.78, 5) is 0. The number of fused-ring (bicyclic) bond motifs is 1. The van der Waals surface area contributed by atoms with Crippen LogP contribution in [0.25, 0.3) is 0 Å². The SMILES string of the molecule is FC(F)(F)[C@@]1(F)C=CC2=C[C@@H]21. The molecule has 0 N–H and O–H groups in total. The summed E-state index contributed by atoms with van der Waals surface area (Å²) in [6.45, 7) is 0. The lowest BCUT2D eigenvalue weighted by Gasteiger charge is -2.22. The summed E-state index contributed by atoms with van der Waals surface area (Å²) in [7, 11) is 0. The van der Waals surface area contributed by atoms with Gasteiger partial charge < -0.3 is 0 Å². The van der Waals surface area contributed by atoms with Crippen LogP contribution >= 0.6 is 0 Å². The van der Waals surface area contributed by atoms with Gasteiger partial charge in [0.25, 0.3) is 0 Å². The summed E-state index contributed by atoms with van der Waals surface area (Å²) in [5.41, 5.74) is -2.65. The third-order valence-corrected chi connectivity index (χ3v) is 2.01. The molecule has 0 aliphatic heterocycles. The minimum absolute atomic E-state index is 0.463. The Morgan fingerprint density at radius 1 is 1.36 bits per heavy atom. The highest BCUT2D eigenvalue weighted by atomic mass is 19.4. The average molecular weight is 164 g/mol. The number of hydrogen-bond donors (Lipinski definition) is 0. The molecule has 11 heavy (non-hydrogen) atoms. The van der Waals surface area contributed by atoms with Crippen molar-refractivity contribution in [2.75, 3.05) is 0 Å². The lowest BCUT2D eigenvalue weighted by molar-refractivity contribution is -0.215. The molecule has 0 aromatic rings. The molecule has 0 nitrogen and oxygen atoms in total. The van der Waals surface area contributed by atoms with Gasteiger partial charge in [0.05, 0.1) is 0 Å². The quantitative estimate of drug-likeness (QED) is 0.482. The fraction of sp³-hybridized carbons (Fsp3) is 0.429. The predicted molar refractivity (Wildman–Crippen MR) is 30.6 cm³/mol. The molecule has 0 aromatic carbocycles. The molecule has 0 spiro atoms. The maximum Gasteiger partial charge on any atom is 0.427 e. The molecule has 2 atom stereocenters. The third-order valence-electron chi connectivity index (χ3n) is 2.01. The standard InChI is InChI=1S/C7H4F4/c8-6(7(9,10)11)2-1-4-3-5(4)6/h1-3,5H/t5-,6+/m0/s1. The zero-order valence-corrected chi connectivity index (χ0v) is 5.32. The molecule has 0 saturated carbocycles. The maximum atomic E-state index is 13.0. The van der Waals surface area contributed by atoms with E-state index in [0.29, 0.717) is 11.6 Å². The van der Waals surface area contributed by atoms with Gasteiger partial charge in [-0.25, -0.2) is 4.39 Å². The van der Waals surface area contributed by atoms with Crippen molar-refractivity contribution >= 4 is 0 Å². The van der Waals surface area contributed by atoms with E-state index in [0.717, 1.165) is 0 Å². The van der Waals surface area contributed by atoms with Crippen LogP contribution < -0.4 is 0 Å². The van der Waals surface area contributed by atoms with Gasteiger partial charge in [-0.2, -0.15) is 13.2 Å². The van der Waals surface area contributed by atoms with Crippen LogP contribution in [-0.2, 0) is 0 Å². The first kappa shape index (κ1) is 6.88. The summed E-state index contributed by atoms with van der Waals surface area (Å²) in [6, 6.07) is 0. The van der Waals surface area contributed by atoms with Crippen LogP contribution in [0, 0.1) is 5.92 Å². The molecule has 0 amide bonds. The van der Waals surface area contributed by atoms with E-state index in [1.165, 1.54) is 12.2 Å². The van der Waals surface area contributed by atoms with E-state index in [1.807, 2.05) is 0 Å². The van der Waals surface area contributed by atoms with Crippen LogP contribution in [0.5, 0.6) is 0 Å². The van der Waals surface area contributed by atoms with Gasteiger partial charge in [-0.3, -0.25) is 0 Å². The predicted octanol–water partition coefficient (Wildman–Crippen LogP) is 2.38. The molecule has 0 heterocycles. The molecule has 0 fully saturated rings. The Bertz CT molecular complexity index is 260. The van der Waals surface area contributed by atoms with E-state index in [4.69, 9.17) is 0 Å². The second-order valence-corrected chi connectivity index (χ2v) is 2.74. The van der Waals surface area contributed by atoms with Gasteiger partial charge in [0, 0.05) is 5.92 Å². The van der Waals surface area contributed by atoms with E-state index >= 15 is 0 Å². The Labute approximate surface area is 60.2 Å². The highest BCUT2D eigenvalue weighted by Gasteiger charge is 2.64. The third kappa shape index (κ3) is 0.695. The van der Waals surface area contributed by atoms with Crippen molar-refractivity contribution in [1.82, 2.24) is 0 Å². The Kier molecular flexibility index (Phi) is 0.949. The van der Waals surface area contributed by atoms with Gasteiger partial charge in [0.15, 0.2) is 0 Å². The van der Waals surface area contributed by atoms with Crippen molar-refractivity contribution in [3.8, 4) is 0 Å². The molecule has 4 heteroatoms. The summed E-state index contributed by atoms with van der Waals surface area (Å²) in [5.74, 6) is -1.03. The largest absolute Gasteiger partial charge is 0.427 e. The molecule has 2 aliphatic carbocycles.